The Morgan fingerprint density at radius 1 is 0.706 bits per heavy atom. The van der Waals surface area contributed by atoms with E-state index in [0.29, 0.717) is 11.5 Å². The molecule has 4 saturated heterocycles. The molecule has 51 heavy (non-hydrogen) atoms. The average Bonchev–Trinajstić information content (AvgIpc) is 3.38. The van der Waals surface area contributed by atoms with Crippen molar-refractivity contribution in [2.45, 2.75) is 151 Å². The van der Waals surface area contributed by atoms with Crippen molar-refractivity contribution in [1.82, 2.24) is 5.06 Å². The van der Waals surface area contributed by atoms with Gasteiger partial charge in [0.25, 0.3) is 11.8 Å². The first-order valence-corrected chi connectivity index (χ1v) is 16.9. The molecule has 0 aromatic carbocycles. The third kappa shape index (κ3) is 8.55. The number of rotatable bonds is 13. The number of hydrogen-bond donors (Lipinski definition) is 10. The van der Waals surface area contributed by atoms with Gasteiger partial charge in [0.05, 0.1) is 61.4 Å². The Hall–Kier alpha value is -1.99. The third-order valence-corrected chi connectivity index (χ3v) is 10.1. The van der Waals surface area contributed by atoms with Crippen LogP contribution in [-0.2, 0) is 42.9 Å². The standard InChI is InChI=1S/C31H51NO19/c1-5-8-31(4,50-29-26(44)23(41)20(38)12(47-29)9-17(37)51-32-15(35)6-7-16(32)36)19-14(11-34)48-28(25(43)22(19)40)49-30(2,3)18-13(10-33)46-27(45)24(42)21(18)39/h12-14,18-29,33-34,38-45H,5-11H2,1-4H3/t12?,13?,14?,18-,19-,20-,21?,22?,23?,24?,25?,26?,27-,28+,29+,31?/m1/s1. The molecule has 4 heterocycles. The molecule has 20 heteroatoms. The zero-order valence-corrected chi connectivity index (χ0v) is 28.7. The molecule has 294 valence electrons. The number of amides is 2. The van der Waals surface area contributed by atoms with Crippen LogP contribution < -0.4 is 0 Å². The molecule has 0 radical (unpaired) electrons. The lowest BCUT2D eigenvalue weighted by molar-refractivity contribution is -0.372. The van der Waals surface area contributed by atoms with E-state index in [4.69, 9.17) is 28.5 Å². The smallest absolute Gasteiger partial charge is 0.335 e. The monoisotopic (exact) mass is 741 g/mol. The molecule has 4 fully saturated rings. The van der Waals surface area contributed by atoms with Crippen molar-refractivity contribution < 1.29 is 94.0 Å². The number of aliphatic hydroxyl groups excluding tert-OH is 10. The molecule has 16 atom stereocenters. The predicted molar refractivity (Wildman–Crippen MR) is 163 cm³/mol. The first kappa shape index (κ1) is 41.8. The zero-order valence-electron chi connectivity index (χ0n) is 28.7. The molecular formula is C31H51NO19. The Labute approximate surface area is 292 Å². The first-order chi connectivity index (χ1) is 23.8. The van der Waals surface area contributed by atoms with E-state index in [1.165, 1.54) is 20.8 Å². The van der Waals surface area contributed by atoms with Crippen molar-refractivity contribution in [3.8, 4) is 0 Å². The first-order valence-electron chi connectivity index (χ1n) is 16.9. The Morgan fingerprint density at radius 2 is 1.22 bits per heavy atom. The average molecular weight is 742 g/mol. The molecule has 0 aromatic rings. The van der Waals surface area contributed by atoms with Crippen LogP contribution in [-0.4, -0.2) is 178 Å². The van der Waals surface area contributed by atoms with Crippen LogP contribution in [0.25, 0.3) is 0 Å². The molecule has 4 rings (SSSR count). The Bertz CT molecular complexity index is 1200. The molecule has 10 unspecified atom stereocenters. The van der Waals surface area contributed by atoms with Gasteiger partial charge in [-0.25, -0.2) is 4.79 Å². The lowest BCUT2D eigenvalue weighted by atomic mass is 9.74. The molecule has 4 aliphatic rings. The summed E-state index contributed by atoms with van der Waals surface area (Å²) in [7, 11) is 0. The van der Waals surface area contributed by atoms with E-state index in [1.54, 1.807) is 6.92 Å². The summed E-state index contributed by atoms with van der Waals surface area (Å²) in [5.41, 5.74) is -3.20. The number of nitrogens with zero attached hydrogens (tertiary/aromatic N) is 1. The highest BCUT2D eigenvalue weighted by Crippen LogP contribution is 2.44. The molecule has 0 bridgehead atoms. The molecule has 2 amide bonds. The van der Waals surface area contributed by atoms with Crippen LogP contribution in [0.15, 0.2) is 0 Å². The minimum absolute atomic E-state index is 0.0689. The fourth-order valence-corrected chi connectivity index (χ4v) is 7.49. The molecule has 0 aromatic heterocycles. The van der Waals surface area contributed by atoms with Gasteiger partial charge in [-0.3, -0.25) is 9.59 Å². The van der Waals surface area contributed by atoms with E-state index in [9.17, 15) is 65.4 Å². The molecule has 0 spiro atoms. The van der Waals surface area contributed by atoms with E-state index in [0.717, 1.165) is 0 Å². The predicted octanol–water partition coefficient (Wildman–Crippen LogP) is -4.74. The summed E-state index contributed by atoms with van der Waals surface area (Å²) in [5.74, 6) is -5.14. The topological polar surface area (TPSA) is 312 Å². The number of hydrogen-bond acceptors (Lipinski definition) is 19. The third-order valence-electron chi connectivity index (χ3n) is 10.1. The lowest BCUT2D eigenvalue weighted by Gasteiger charge is -2.53. The van der Waals surface area contributed by atoms with Gasteiger partial charge in [0.1, 0.15) is 30.5 Å². The van der Waals surface area contributed by atoms with Crippen molar-refractivity contribution in [3.63, 3.8) is 0 Å². The second-order valence-corrected chi connectivity index (χ2v) is 14.2. The Morgan fingerprint density at radius 3 is 1.78 bits per heavy atom. The van der Waals surface area contributed by atoms with Crippen LogP contribution in [0.2, 0.25) is 0 Å². The summed E-state index contributed by atoms with van der Waals surface area (Å²) < 4.78 is 29.0. The molecule has 20 nitrogen and oxygen atoms in total. The summed E-state index contributed by atoms with van der Waals surface area (Å²) in [6.45, 7) is 4.60. The van der Waals surface area contributed by atoms with Gasteiger partial charge in [0.2, 0.25) is 0 Å². The fourth-order valence-electron chi connectivity index (χ4n) is 7.49. The highest BCUT2D eigenvalue weighted by molar-refractivity contribution is 6.01. The number of carbonyl (C=O) groups excluding carboxylic acids is 3. The maximum absolute atomic E-state index is 12.6. The van der Waals surface area contributed by atoms with Crippen LogP contribution in [0, 0.1) is 11.8 Å². The number of carbonyl (C=O) groups is 3. The van der Waals surface area contributed by atoms with Crippen molar-refractivity contribution in [2.24, 2.45) is 11.8 Å². The quantitative estimate of drug-likeness (QED) is 0.0793. The second kappa shape index (κ2) is 16.6. The largest absolute Gasteiger partial charge is 0.394 e. The highest BCUT2D eigenvalue weighted by atomic mass is 16.7. The normalized spacial score (nSPS) is 42.2. The van der Waals surface area contributed by atoms with Crippen LogP contribution in [0.5, 0.6) is 0 Å². The fraction of sp³-hybridized carbons (Fsp3) is 0.903. The van der Waals surface area contributed by atoms with Crippen LogP contribution >= 0.6 is 0 Å². The Balaban J connectivity index is 1.52. The molecule has 0 aliphatic carbocycles. The lowest BCUT2D eigenvalue weighted by Crippen LogP contribution is -2.67. The minimum atomic E-state index is -1.93. The summed E-state index contributed by atoms with van der Waals surface area (Å²) in [6.07, 6.45) is -22.9. The second-order valence-electron chi connectivity index (χ2n) is 14.2. The molecule has 10 N–H and O–H groups in total. The van der Waals surface area contributed by atoms with Gasteiger partial charge >= 0.3 is 5.97 Å². The van der Waals surface area contributed by atoms with Crippen molar-refractivity contribution in [3.05, 3.63) is 0 Å². The number of ether oxygens (including phenoxy) is 5. The van der Waals surface area contributed by atoms with E-state index < -0.39 is 140 Å². The molecular weight excluding hydrogens is 690 g/mol. The molecule has 4 aliphatic heterocycles. The van der Waals surface area contributed by atoms with Gasteiger partial charge in [0.15, 0.2) is 18.9 Å². The minimum Gasteiger partial charge on any atom is -0.394 e. The maximum atomic E-state index is 12.6. The summed E-state index contributed by atoms with van der Waals surface area (Å²) >= 11 is 0. The van der Waals surface area contributed by atoms with E-state index in [1.807, 2.05) is 0 Å². The highest BCUT2D eigenvalue weighted by Gasteiger charge is 2.58. The van der Waals surface area contributed by atoms with Crippen molar-refractivity contribution >= 4 is 17.8 Å². The van der Waals surface area contributed by atoms with Crippen LogP contribution in [0.1, 0.15) is 59.8 Å². The van der Waals surface area contributed by atoms with Crippen molar-refractivity contribution in [1.29, 1.82) is 0 Å². The van der Waals surface area contributed by atoms with E-state index >= 15 is 0 Å². The Kier molecular flexibility index (Phi) is 13.6. The maximum Gasteiger partial charge on any atom is 0.335 e. The number of hydroxylamine groups is 2. The summed E-state index contributed by atoms with van der Waals surface area (Å²) in [4.78, 5) is 41.1. The van der Waals surface area contributed by atoms with Gasteiger partial charge < -0.3 is 79.6 Å². The summed E-state index contributed by atoms with van der Waals surface area (Å²) in [6, 6.07) is 0. The number of aliphatic hydroxyl groups is 10. The van der Waals surface area contributed by atoms with Gasteiger partial charge in [-0.1, -0.05) is 13.3 Å². The van der Waals surface area contributed by atoms with Gasteiger partial charge in [-0.15, -0.1) is 5.06 Å². The zero-order chi connectivity index (χ0) is 38.2. The van der Waals surface area contributed by atoms with Crippen LogP contribution in [0.3, 0.4) is 0 Å². The van der Waals surface area contributed by atoms with E-state index in [-0.39, 0.29) is 19.3 Å². The van der Waals surface area contributed by atoms with Gasteiger partial charge in [0, 0.05) is 24.7 Å². The van der Waals surface area contributed by atoms with E-state index in [2.05, 4.69) is 0 Å². The SMILES string of the molecule is CCCC(C)(O[C@@H]1OC(CC(=O)ON2C(=O)CCC2=O)[C@@H](O)C(O)C1O)[C@@H]1C(CO)O[C@@H](OC(C)(C)[C@@H]2C(CO)O[C@@H](O)C(O)C2O)C(O)C1O. The molecule has 0 saturated carbocycles. The summed E-state index contributed by atoms with van der Waals surface area (Å²) in [5, 5.41) is 106. The van der Waals surface area contributed by atoms with Gasteiger partial charge in [-0.05, 0) is 27.2 Å². The number of imide groups is 1. The van der Waals surface area contributed by atoms with Gasteiger partial charge in [-0.2, -0.15) is 0 Å². The van der Waals surface area contributed by atoms with Crippen LogP contribution in [0.4, 0.5) is 0 Å². The van der Waals surface area contributed by atoms with Crippen molar-refractivity contribution in [2.75, 3.05) is 13.2 Å².